The topological polar surface area (TPSA) is 38.9 Å². The van der Waals surface area contributed by atoms with Gasteiger partial charge in [-0.2, -0.15) is 0 Å². The molecule has 0 unspecified atom stereocenters. The summed E-state index contributed by atoms with van der Waals surface area (Å²) in [7, 11) is 0. The van der Waals surface area contributed by atoms with Crippen molar-refractivity contribution in [1.82, 2.24) is 10.2 Å². The number of aromatic nitrogens is 2. The molecule has 1 aromatic carbocycles. The number of hydrogen-bond acceptors (Lipinski definition) is 4. The monoisotopic (exact) mass is 338 g/mol. The largest absolute Gasteiger partial charge is 0.416 e. The third-order valence-electron chi connectivity index (χ3n) is 2.65. The van der Waals surface area contributed by atoms with Gasteiger partial charge in [0.15, 0.2) is 0 Å². The molecule has 0 spiro atoms. The zero-order valence-corrected chi connectivity index (χ0v) is 13.1. The summed E-state index contributed by atoms with van der Waals surface area (Å²) in [6.45, 7) is 5.93. The molecule has 3 nitrogen and oxygen atoms in total. The maximum absolute atomic E-state index is 5.60. The molecule has 2 aromatic rings. The Balaban J connectivity index is 1.94. The molecule has 0 saturated heterocycles. The maximum Gasteiger partial charge on any atom is 0.276 e. The van der Waals surface area contributed by atoms with Crippen molar-refractivity contribution in [2.75, 3.05) is 5.75 Å². The van der Waals surface area contributed by atoms with Gasteiger partial charge in [0, 0.05) is 12.2 Å². The first-order valence-corrected chi connectivity index (χ1v) is 7.76. The van der Waals surface area contributed by atoms with E-state index in [1.165, 1.54) is 17.3 Å². The van der Waals surface area contributed by atoms with Crippen molar-refractivity contribution in [3.63, 3.8) is 0 Å². The van der Waals surface area contributed by atoms with E-state index in [1.54, 1.807) is 0 Å². The molecule has 0 radical (unpaired) electrons. The molecule has 2 rings (SSSR count). The van der Waals surface area contributed by atoms with Crippen LogP contribution in [0.25, 0.3) is 0 Å². The van der Waals surface area contributed by atoms with Crippen molar-refractivity contribution in [2.45, 2.75) is 24.5 Å². The molecule has 19 heavy (non-hydrogen) atoms. The maximum atomic E-state index is 5.60. The number of benzene rings is 1. The van der Waals surface area contributed by atoms with E-state index in [1.807, 2.05) is 18.2 Å². The SMILES string of the molecule is C=C(Br)CSc1nnc(C[C@H](C)c2ccccc2)o1. The molecule has 0 aliphatic carbocycles. The highest BCUT2D eigenvalue weighted by Gasteiger charge is 2.12. The molecule has 1 aromatic heterocycles. The summed E-state index contributed by atoms with van der Waals surface area (Å²) in [5.41, 5.74) is 1.28. The summed E-state index contributed by atoms with van der Waals surface area (Å²) in [6.07, 6.45) is 0.757. The Morgan fingerprint density at radius 3 is 2.79 bits per heavy atom. The summed E-state index contributed by atoms with van der Waals surface area (Å²) in [4.78, 5) is 0. The van der Waals surface area contributed by atoms with E-state index in [-0.39, 0.29) is 0 Å². The molecule has 0 N–H and O–H groups in total. The second kappa shape index (κ2) is 6.91. The predicted molar refractivity (Wildman–Crippen MR) is 81.7 cm³/mol. The van der Waals surface area contributed by atoms with Crippen LogP contribution in [0.15, 0.2) is 51.0 Å². The van der Waals surface area contributed by atoms with Crippen molar-refractivity contribution in [2.24, 2.45) is 0 Å². The molecule has 0 amide bonds. The van der Waals surface area contributed by atoms with Crippen molar-refractivity contribution in [3.05, 3.63) is 52.8 Å². The smallest absolute Gasteiger partial charge is 0.276 e. The Labute approximate surface area is 125 Å². The molecular formula is C14H15BrN2OS. The van der Waals surface area contributed by atoms with Crippen LogP contribution in [-0.2, 0) is 6.42 Å². The number of hydrogen-bond donors (Lipinski definition) is 0. The van der Waals surface area contributed by atoms with E-state index in [4.69, 9.17) is 4.42 Å². The van der Waals surface area contributed by atoms with Gasteiger partial charge in [-0.15, -0.1) is 10.2 Å². The number of halogens is 1. The fourth-order valence-corrected chi connectivity index (χ4v) is 2.56. The molecule has 0 aliphatic rings. The van der Waals surface area contributed by atoms with Crippen LogP contribution in [-0.4, -0.2) is 16.0 Å². The first kappa shape index (κ1) is 14.3. The average Bonchev–Trinajstić information content (AvgIpc) is 2.85. The number of thioether (sulfide) groups is 1. The van der Waals surface area contributed by atoms with Crippen molar-refractivity contribution in [1.29, 1.82) is 0 Å². The lowest BCUT2D eigenvalue weighted by Crippen LogP contribution is -1.98. The van der Waals surface area contributed by atoms with Gasteiger partial charge in [-0.05, 0) is 16.0 Å². The van der Waals surface area contributed by atoms with Gasteiger partial charge in [-0.3, -0.25) is 0 Å². The Bertz CT molecular complexity index is 541. The fraction of sp³-hybridized carbons (Fsp3) is 0.286. The normalized spacial score (nSPS) is 12.3. The number of rotatable bonds is 6. The molecule has 100 valence electrons. The molecule has 0 fully saturated rings. The van der Waals surface area contributed by atoms with Crippen LogP contribution in [0, 0.1) is 0 Å². The highest BCUT2D eigenvalue weighted by atomic mass is 79.9. The Kier molecular flexibility index (Phi) is 5.22. The van der Waals surface area contributed by atoms with Crippen LogP contribution < -0.4 is 0 Å². The third-order valence-corrected chi connectivity index (χ3v) is 4.21. The van der Waals surface area contributed by atoms with Crippen LogP contribution >= 0.6 is 27.7 Å². The van der Waals surface area contributed by atoms with E-state index in [9.17, 15) is 0 Å². The van der Waals surface area contributed by atoms with E-state index in [0.29, 0.717) is 17.0 Å². The Morgan fingerprint density at radius 2 is 2.11 bits per heavy atom. The van der Waals surface area contributed by atoms with Crippen LogP contribution in [0.4, 0.5) is 0 Å². The third kappa shape index (κ3) is 4.51. The summed E-state index contributed by atoms with van der Waals surface area (Å²) in [5.74, 6) is 1.78. The molecule has 0 saturated carbocycles. The molecule has 5 heteroatoms. The van der Waals surface area contributed by atoms with Crippen molar-refractivity contribution in [3.8, 4) is 0 Å². The Morgan fingerprint density at radius 1 is 1.37 bits per heavy atom. The molecular weight excluding hydrogens is 324 g/mol. The van der Waals surface area contributed by atoms with Crippen molar-refractivity contribution >= 4 is 27.7 Å². The Hall–Kier alpha value is -1.07. The second-order valence-corrected chi connectivity index (χ2v) is 6.33. The highest BCUT2D eigenvalue weighted by molar-refractivity contribution is 9.11. The van der Waals surface area contributed by atoms with Gasteiger partial charge in [0.05, 0.1) is 0 Å². The summed E-state index contributed by atoms with van der Waals surface area (Å²) < 4.78 is 6.52. The van der Waals surface area contributed by atoms with Gasteiger partial charge in [-0.25, -0.2) is 0 Å². The predicted octanol–water partition coefficient (Wildman–Crippen LogP) is 4.42. The minimum Gasteiger partial charge on any atom is -0.416 e. The first-order chi connectivity index (χ1) is 9.15. The fourth-order valence-electron chi connectivity index (χ4n) is 1.68. The van der Waals surface area contributed by atoms with E-state index < -0.39 is 0 Å². The molecule has 1 heterocycles. The van der Waals surface area contributed by atoms with E-state index in [2.05, 4.69) is 51.8 Å². The van der Waals surface area contributed by atoms with Crippen LogP contribution in [0.3, 0.4) is 0 Å². The van der Waals surface area contributed by atoms with Crippen LogP contribution in [0.2, 0.25) is 0 Å². The zero-order chi connectivity index (χ0) is 13.7. The summed E-state index contributed by atoms with van der Waals surface area (Å²) in [6, 6.07) is 10.3. The lowest BCUT2D eigenvalue weighted by molar-refractivity contribution is 0.405. The van der Waals surface area contributed by atoms with Gasteiger partial charge in [0.1, 0.15) is 0 Å². The van der Waals surface area contributed by atoms with Crippen LogP contribution in [0.1, 0.15) is 24.3 Å². The minimum atomic E-state index is 0.366. The van der Waals surface area contributed by atoms with E-state index in [0.717, 1.165) is 16.7 Å². The quantitative estimate of drug-likeness (QED) is 0.731. The standard InChI is InChI=1S/C14H15BrN2OS/c1-10(12-6-4-3-5-7-12)8-13-16-17-14(18-13)19-9-11(2)15/h3-7,10H,2,8-9H2,1H3/t10-/m0/s1. The van der Waals surface area contributed by atoms with Gasteiger partial charge >= 0.3 is 0 Å². The summed E-state index contributed by atoms with van der Waals surface area (Å²) in [5, 5.41) is 8.69. The van der Waals surface area contributed by atoms with Gasteiger partial charge in [-0.1, -0.05) is 71.5 Å². The lowest BCUT2D eigenvalue weighted by Gasteiger charge is -2.08. The van der Waals surface area contributed by atoms with Crippen molar-refractivity contribution < 1.29 is 4.42 Å². The molecule has 0 aliphatic heterocycles. The van der Waals surface area contributed by atoms with Gasteiger partial charge in [0.25, 0.3) is 5.22 Å². The van der Waals surface area contributed by atoms with Gasteiger partial charge in [0.2, 0.25) is 5.89 Å². The second-order valence-electron chi connectivity index (χ2n) is 4.28. The summed E-state index contributed by atoms with van der Waals surface area (Å²) >= 11 is 4.79. The first-order valence-electron chi connectivity index (χ1n) is 5.98. The van der Waals surface area contributed by atoms with Crippen LogP contribution in [0.5, 0.6) is 0 Å². The number of nitrogens with zero attached hydrogens (tertiary/aromatic N) is 2. The van der Waals surface area contributed by atoms with E-state index >= 15 is 0 Å². The highest BCUT2D eigenvalue weighted by Crippen LogP contribution is 2.24. The average molecular weight is 339 g/mol. The molecule has 0 bridgehead atoms. The lowest BCUT2D eigenvalue weighted by atomic mass is 9.98. The minimum absolute atomic E-state index is 0.366. The zero-order valence-electron chi connectivity index (χ0n) is 10.7. The van der Waals surface area contributed by atoms with Gasteiger partial charge < -0.3 is 4.42 Å². The molecule has 1 atom stereocenters.